The highest BCUT2D eigenvalue weighted by Crippen LogP contribution is 2.27. The number of hydrogen-bond donors (Lipinski definition) is 2. The van der Waals surface area contributed by atoms with Crippen LogP contribution in [-0.2, 0) is 6.42 Å². The van der Waals surface area contributed by atoms with Crippen molar-refractivity contribution in [2.45, 2.75) is 12.5 Å². The quantitative estimate of drug-likeness (QED) is 0.894. The fourth-order valence-electron chi connectivity index (χ4n) is 2.00. The van der Waals surface area contributed by atoms with Crippen LogP contribution < -0.4 is 11.1 Å². The van der Waals surface area contributed by atoms with E-state index < -0.39 is 0 Å². The molecule has 0 spiro atoms. The van der Waals surface area contributed by atoms with Crippen molar-refractivity contribution in [2.24, 2.45) is 0 Å². The number of aromatic nitrogens is 1. The zero-order valence-corrected chi connectivity index (χ0v) is 12.9. The first-order valence-electron chi connectivity index (χ1n) is 5.93. The van der Waals surface area contributed by atoms with E-state index in [4.69, 9.17) is 17.3 Å². The molecule has 0 aliphatic rings. The molecule has 5 heteroatoms. The number of nitrogens with zero attached hydrogens (tertiary/aromatic N) is 1. The number of nitrogen functional groups attached to an aromatic ring is 1. The normalized spacial score (nSPS) is 12.4. The van der Waals surface area contributed by atoms with Crippen LogP contribution in [0.15, 0.2) is 41.0 Å². The van der Waals surface area contributed by atoms with Crippen molar-refractivity contribution in [1.29, 1.82) is 0 Å². The van der Waals surface area contributed by atoms with E-state index in [1.54, 1.807) is 6.20 Å². The van der Waals surface area contributed by atoms with E-state index in [1.807, 2.05) is 31.3 Å². The van der Waals surface area contributed by atoms with E-state index in [0.29, 0.717) is 10.8 Å². The molecule has 0 amide bonds. The molecule has 100 valence electrons. The fraction of sp³-hybridized carbons (Fsp3) is 0.214. The van der Waals surface area contributed by atoms with Crippen LogP contribution in [0.2, 0.25) is 5.02 Å². The molecule has 3 N–H and O–H groups in total. The zero-order valence-electron chi connectivity index (χ0n) is 10.5. The Balaban J connectivity index is 2.30. The van der Waals surface area contributed by atoms with E-state index in [2.05, 4.69) is 32.3 Å². The van der Waals surface area contributed by atoms with Gasteiger partial charge in [0.15, 0.2) is 0 Å². The average molecular weight is 341 g/mol. The first-order valence-corrected chi connectivity index (χ1v) is 7.10. The van der Waals surface area contributed by atoms with Gasteiger partial charge in [0, 0.05) is 22.3 Å². The van der Waals surface area contributed by atoms with Crippen LogP contribution in [0.25, 0.3) is 0 Å². The molecule has 0 aliphatic carbocycles. The zero-order chi connectivity index (χ0) is 13.8. The summed E-state index contributed by atoms with van der Waals surface area (Å²) in [6.07, 6.45) is 2.37. The lowest BCUT2D eigenvalue weighted by atomic mass is 9.99. The second kappa shape index (κ2) is 6.37. The van der Waals surface area contributed by atoms with Crippen LogP contribution in [0.3, 0.4) is 0 Å². The summed E-state index contributed by atoms with van der Waals surface area (Å²) in [4.78, 5) is 4.11. The molecule has 0 saturated heterocycles. The number of nitrogens with two attached hydrogens (primary N) is 1. The van der Waals surface area contributed by atoms with Crippen molar-refractivity contribution in [2.75, 3.05) is 12.8 Å². The summed E-state index contributed by atoms with van der Waals surface area (Å²) in [7, 11) is 1.90. The van der Waals surface area contributed by atoms with Crippen molar-refractivity contribution < 1.29 is 0 Å². The molecule has 3 nitrogen and oxygen atoms in total. The lowest BCUT2D eigenvalue weighted by Crippen LogP contribution is -2.20. The largest absolute Gasteiger partial charge is 0.383 e. The molecule has 2 aromatic rings. The Hall–Kier alpha value is -1.10. The molecule has 0 fully saturated rings. The van der Waals surface area contributed by atoms with E-state index in [-0.39, 0.29) is 6.04 Å². The second-order valence-corrected chi connectivity index (χ2v) is 5.56. The average Bonchev–Trinajstić information content (AvgIpc) is 2.41. The molecule has 1 aromatic carbocycles. The third-order valence-electron chi connectivity index (χ3n) is 3.02. The van der Waals surface area contributed by atoms with Gasteiger partial charge in [-0.3, -0.25) is 0 Å². The topological polar surface area (TPSA) is 50.9 Å². The van der Waals surface area contributed by atoms with Gasteiger partial charge in [0.1, 0.15) is 5.82 Å². The number of likely N-dealkylation sites (N-methyl/N-ethyl adjacent to an activating group) is 1. The Morgan fingerprint density at radius 1 is 1.42 bits per heavy atom. The molecule has 1 unspecified atom stereocenters. The van der Waals surface area contributed by atoms with Crippen LogP contribution >= 0.6 is 27.5 Å². The molecule has 19 heavy (non-hydrogen) atoms. The molecule has 2 rings (SSSR count). The molecule has 1 heterocycles. The van der Waals surface area contributed by atoms with E-state index in [9.17, 15) is 0 Å². The summed E-state index contributed by atoms with van der Waals surface area (Å²) >= 11 is 9.56. The van der Waals surface area contributed by atoms with Gasteiger partial charge in [-0.25, -0.2) is 4.98 Å². The monoisotopic (exact) mass is 339 g/mol. The molecular weight excluding hydrogens is 326 g/mol. The minimum absolute atomic E-state index is 0.0740. The molecular formula is C14H15BrClN3. The van der Waals surface area contributed by atoms with Crippen LogP contribution in [0.1, 0.15) is 17.2 Å². The molecule has 0 bridgehead atoms. The molecule has 0 aliphatic heterocycles. The van der Waals surface area contributed by atoms with E-state index in [0.717, 1.165) is 16.5 Å². The Kier molecular flexibility index (Phi) is 4.80. The Morgan fingerprint density at radius 3 is 2.84 bits per heavy atom. The summed E-state index contributed by atoms with van der Waals surface area (Å²) in [6.45, 7) is 0. The van der Waals surface area contributed by atoms with Crippen molar-refractivity contribution in [3.05, 3.63) is 57.2 Å². The standard InChI is InChI=1S/C14H15BrClN3/c1-18-13(6-9-4-2-3-5-12(9)15)11-7-10(16)8-19-14(11)17/h2-5,7-8,13,18H,6H2,1H3,(H2,17,19). The SMILES string of the molecule is CNC(Cc1ccccc1Br)c1cc(Cl)cnc1N. The minimum atomic E-state index is 0.0740. The predicted octanol–water partition coefficient (Wildman–Crippen LogP) is 3.58. The maximum Gasteiger partial charge on any atom is 0.128 e. The third kappa shape index (κ3) is 3.47. The lowest BCUT2D eigenvalue weighted by Gasteiger charge is -2.19. The van der Waals surface area contributed by atoms with Gasteiger partial charge in [-0.1, -0.05) is 45.7 Å². The van der Waals surface area contributed by atoms with Gasteiger partial charge in [-0.15, -0.1) is 0 Å². The molecule has 0 saturated carbocycles. The van der Waals surface area contributed by atoms with Crippen molar-refractivity contribution in [1.82, 2.24) is 10.3 Å². The summed E-state index contributed by atoms with van der Waals surface area (Å²) in [5, 5.41) is 3.86. The van der Waals surface area contributed by atoms with Gasteiger partial charge >= 0.3 is 0 Å². The molecule has 1 atom stereocenters. The maximum atomic E-state index is 6.00. The van der Waals surface area contributed by atoms with Gasteiger partial charge in [-0.2, -0.15) is 0 Å². The Bertz CT molecular complexity index is 574. The Morgan fingerprint density at radius 2 is 2.16 bits per heavy atom. The highest BCUT2D eigenvalue weighted by Gasteiger charge is 2.15. The number of rotatable bonds is 4. The van der Waals surface area contributed by atoms with Crippen LogP contribution in [0.4, 0.5) is 5.82 Å². The minimum Gasteiger partial charge on any atom is -0.383 e. The fourth-order valence-corrected chi connectivity index (χ4v) is 2.61. The van der Waals surface area contributed by atoms with E-state index in [1.165, 1.54) is 5.56 Å². The molecule has 0 radical (unpaired) electrons. The van der Waals surface area contributed by atoms with Crippen LogP contribution in [0.5, 0.6) is 0 Å². The van der Waals surface area contributed by atoms with E-state index >= 15 is 0 Å². The van der Waals surface area contributed by atoms with Crippen LogP contribution in [0, 0.1) is 0 Å². The second-order valence-electron chi connectivity index (χ2n) is 4.26. The maximum absolute atomic E-state index is 6.00. The third-order valence-corrected chi connectivity index (χ3v) is 4.00. The summed E-state index contributed by atoms with van der Waals surface area (Å²) in [5.41, 5.74) is 8.07. The first kappa shape index (κ1) is 14.3. The predicted molar refractivity (Wildman–Crippen MR) is 83.3 cm³/mol. The van der Waals surface area contributed by atoms with Gasteiger partial charge in [0.05, 0.1) is 5.02 Å². The van der Waals surface area contributed by atoms with Gasteiger partial charge in [0.2, 0.25) is 0 Å². The summed E-state index contributed by atoms with van der Waals surface area (Å²) in [5.74, 6) is 0.510. The number of anilines is 1. The summed E-state index contributed by atoms with van der Waals surface area (Å²) < 4.78 is 1.09. The van der Waals surface area contributed by atoms with Gasteiger partial charge in [0.25, 0.3) is 0 Å². The number of hydrogen-bond acceptors (Lipinski definition) is 3. The van der Waals surface area contributed by atoms with Gasteiger partial charge in [-0.05, 0) is 31.2 Å². The lowest BCUT2D eigenvalue weighted by molar-refractivity contribution is 0.591. The highest BCUT2D eigenvalue weighted by molar-refractivity contribution is 9.10. The van der Waals surface area contributed by atoms with Crippen molar-refractivity contribution >= 4 is 33.3 Å². The van der Waals surface area contributed by atoms with Crippen LogP contribution in [-0.4, -0.2) is 12.0 Å². The smallest absolute Gasteiger partial charge is 0.128 e. The Labute approximate surface area is 126 Å². The first-order chi connectivity index (χ1) is 9.11. The highest BCUT2D eigenvalue weighted by atomic mass is 79.9. The molecule has 1 aromatic heterocycles. The number of pyridine rings is 1. The summed E-state index contributed by atoms with van der Waals surface area (Å²) in [6, 6.07) is 10.1. The number of benzene rings is 1. The number of halogens is 2. The van der Waals surface area contributed by atoms with Crippen molar-refractivity contribution in [3.8, 4) is 0 Å². The van der Waals surface area contributed by atoms with Crippen molar-refractivity contribution in [3.63, 3.8) is 0 Å². The number of nitrogens with one attached hydrogen (secondary N) is 1. The van der Waals surface area contributed by atoms with Gasteiger partial charge < -0.3 is 11.1 Å².